The van der Waals surface area contributed by atoms with Crippen LogP contribution in [-0.2, 0) is 12.8 Å². The van der Waals surface area contributed by atoms with Crippen molar-refractivity contribution in [3.8, 4) is 28.1 Å². The van der Waals surface area contributed by atoms with Crippen molar-refractivity contribution in [1.29, 1.82) is 0 Å². The van der Waals surface area contributed by atoms with Crippen molar-refractivity contribution in [2.45, 2.75) is 32.7 Å². The van der Waals surface area contributed by atoms with E-state index in [1.807, 2.05) is 0 Å². The minimum atomic E-state index is 0.0840. The van der Waals surface area contributed by atoms with E-state index in [0.29, 0.717) is 0 Å². The maximum Gasteiger partial charge on any atom is 0.0724 e. The quantitative estimate of drug-likeness (QED) is 0.125. The Balaban J connectivity index is 1.19. The zero-order valence-electron chi connectivity index (χ0n) is 31.6. The van der Waals surface area contributed by atoms with Crippen LogP contribution < -0.4 is 0 Å². The Labute approximate surface area is 327 Å². The maximum absolute atomic E-state index is 5.12. The zero-order chi connectivity index (χ0) is 37.3. The molecule has 10 aromatic rings. The minimum Gasteiger partial charge on any atom is -0.308 e. The number of fused-ring (bicyclic) bond motifs is 12. The van der Waals surface area contributed by atoms with Crippen molar-refractivity contribution in [2.24, 2.45) is 4.99 Å². The van der Waals surface area contributed by atoms with E-state index in [2.05, 4.69) is 194 Å². The van der Waals surface area contributed by atoms with Gasteiger partial charge in [-0.05, 0) is 122 Å². The molecule has 0 aliphatic heterocycles. The average Bonchev–Trinajstić information content (AvgIpc) is 3.60. The molecule has 1 atom stereocenters. The van der Waals surface area contributed by atoms with E-state index in [0.717, 1.165) is 29.8 Å². The Morgan fingerprint density at radius 2 is 1.14 bits per heavy atom. The Hall–Kier alpha value is -6.77. The molecule has 1 heterocycles. The average molecular weight is 717 g/mol. The summed E-state index contributed by atoms with van der Waals surface area (Å²) in [6, 6.07) is 65.2. The molecule has 2 heteroatoms. The normalized spacial score (nSPS) is 13.4. The highest BCUT2D eigenvalue weighted by Crippen LogP contribution is 2.48. The molecule has 266 valence electrons. The summed E-state index contributed by atoms with van der Waals surface area (Å²) in [5.74, 6) is 0. The van der Waals surface area contributed by atoms with Crippen LogP contribution in [0.2, 0.25) is 0 Å². The number of benzene rings is 9. The summed E-state index contributed by atoms with van der Waals surface area (Å²) in [5.41, 5.74) is 13.8. The molecular weight excluding hydrogens is 677 g/mol. The van der Waals surface area contributed by atoms with E-state index in [4.69, 9.17) is 4.99 Å². The fraction of sp³-hybridized carbons (Fsp3) is 0.0926. The number of hydrogen-bond donors (Lipinski definition) is 0. The fourth-order valence-electron chi connectivity index (χ4n) is 9.57. The Bertz CT molecular complexity index is 3170. The van der Waals surface area contributed by atoms with Gasteiger partial charge in [-0.15, -0.1) is 0 Å². The zero-order valence-corrected chi connectivity index (χ0v) is 31.6. The topological polar surface area (TPSA) is 17.3 Å². The lowest BCUT2D eigenvalue weighted by Gasteiger charge is -2.21. The standard InChI is InChI=1S/C54H40N2/c1-34(36-14-4-3-5-15-36)55-35(2)37-24-28-41(29-25-37)56-53-43-19-9-6-16-38(43)26-31-49(53)51-32-39-17-7-8-18-42(39)52(54(51)56)40-27-30-48-46-22-11-10-20-44(46)45-21-12-13-23-47(45)50(48)33-40/h3-25,27-30,32-34H,26,31H2,1-2H3. The maximum atomic E-state index is 5.12. The van der Waals surface area contributed by atoms with E-state index < -0.39 is 0 Å². The van der Waals surface area contributed by atoms with Crippen LogP contribution in [0, 0.1) is 0 Å². The molecule has 1 aliphatic rings. The molecule has 1 aliphatic carbocycles. The Kier molecular flexibility index (Phi) is 7.53. The Morgan fingerprint density at radius 1 is 0.536 bits per heavy atom. The highest BCUT2D eigenvalue weighted by atomic mass is 15.0. The van der Waals surface area contributed by atoms with E-state index in [1.54, 1.807) is 0 Å². The molecule has 0 N–H and O–H groups in total. The molecule has 2 nitrogen and oxygen atoms in total. The first kappa shape index (κ1) is 32.6. The molecule has 0 bridgehead atoms. The monoisotopic (exact) mass is 716 g/mol. The van der Waals surface area contributed by atoms with Gasteiger partial charge in [0.05, 0.1) is 17.3 Å². The summed E-state index contributed by atoms with van der Waals surface area (Å²) in [7, 11) is 0. The van der Waals surface area contributed by atoms with Crippen molar-refractivity contribution in [2.75, 3.05) is 0 Å². The molecule has 0 saturated carbocycles. The van der Waals surface area contributed by atoms with Gasteiger partial charge in [0, 0.05) is 27.9 Å². The van der Waals surface area contributed by atoms with Gasteiger partial charge in [-0.2, -0.15) is 0 Å². The lowest BCUT2D eigenvalue weighted by molar-refractivity contribution is 0.819. The van der Waals surface area contributed by atoms with E-state index in [-0.39, 0.29) is 6.04 Å². The summed E-state index contributed by atoms with van der Waals surface area (Å²) < 4.78 is 2.58. The fourth-order valence-corrected chi connectivity index (χ4v) is 9.57. The van der Waals surface area contributed by atoms with Gasteiger partial charge < -0.3 is 4.57 Å². The molecule has 0 radical (unpaired) electrons. The van der Waals surface area contributed by atoms with E-state index in [1.165, 1.54) is 93.1 Å². The smallest absolute Gasteiger partial charge is 0.0724 e. The second-order valence-electron chi connectivity index (χ2n) is 15.4. The summed E-state index contributed by atoms with van der Waals surface area (Å²) in [4.78, 5) is 5.12. The SMILES string of the molecule is CC(=NC(C)c1ccccc1)c1ccc(-n2c3c(c4cc5ccccc5c(-c5ccc6c7ccccc7c7ccccc7c6c5)c42)CCc2ccccc2-3)cc1. The van der Waals surface area contributed by atoms with Crippen molar-refractivity contribution in [1.82, 2.24) is 4.57 Å². The minimum absolute atomic E-state index is 0.0840. The van der Waals surface area contributed by atoms with Crippen LogP contribution in [0.4, 0.5) is 0 Å². The van der Waals surface area contributed by atoms with Crippen molar-refractivity contribution >= 4 is 59.7 Å². The van der Waals surface area contributed by atoms with Crippen LogP contribution in [0.1, 0.15) is 42.1 Å². The predicted molar refractivity (Wildman–Crippen MR) is 239 cm³/mol. The van der Waals surface area contributed by atoms with Crippen LogP contribution in [0.3, 0.4) is 0 Å². The lowest BCUT2D eigenvalue weighted by atomic mass is 9.87. The first-order valence-corrected chi connectivity index (χ1v) is 19.8. The second-order valence-corrected chi connectivity index (χ2v) is 15.4. The van der Waals surface area contributed by atoms with Crippen molar-refractivity contribution in [3.63, 3.8) is 0 Å². The number of aromatic nitrogens is 1. The summed E-state index contributed by atoms with van der Waals surface area (Å²) in [5, 5.41) is 11.6. The number of nitrogens with zero attached hydrogens (tertiary/aromatic N) is 2. The second kappa shape index (κ2) is 12.9. The molecule has 0 fully saturated rings. The molecule has 56 heavy (non-hydrogen) atoms. The van der Waals surface area contributed by atoms with Gasteiger partial charge in [0.15, 0.2) is 0 Å². The van der Waals surface area contributed by atoms with Gasteiger partial charge in [-0.1, -0.05) is 152 Å². The number of aliphatic imine (C=N–C) groups is 1. The molecule has 0 amide bonds. The van der Waals surface area contributed by atoms with Crippen LogP contribution in [0.25, 0.3) is 82.1 Å². The largest absolute Gasteiger partial charge is 0.308 e. The molecule has 0 saturated heterocycles. The number of rotatable bonds is 5. The third-order valence-corrected chi connectivity index (χ3v) is 12.2. The predicted octanol–water partition coefficient (Wildman–Crippen LogP) is 14.2. The van der Waals surface area contributed by atoms with Gasteiger partial charge in [0.2, 0.25) is 0 Å². The van der Waals surface area contributed by atoms with Crippen LogP contribution in [-0.4, -0.2) is 10.3 Å². The summed E-state index contributed by atoms with van der Waals surface area (Å²) >= 11 is 0. The van der Waals surface area contributed by atoms with Crippen LogP contribution in [0.5, 0.6) is 0 Å². The van der Waals surface area contributed by atoms with Gasteiger partial charge >= 0.3 is 0 Å². The molecule has 0 spiro atoms. The van der Waals surface area contributed by atoms with Crippen molar-refractivity contribution in [3.05, 3.63) is 198 Å². The molecule has 1 aromatic heterocycles. The highest BCUT2D eigenvalue weighted by Gasteiger charge is 2.28. The number of aryl methyl sites for hydroxylation is 2. The van der Waals surface area contributed by atoms with E-state index >= 15 is 0 Å². The summed E-state index contributed by atoms with van der Waals surface area (Å²) in [6.45, 7) is 4.31. The third-order valence-electron chi connectivity index (χ3n) is 12.2. The van der Waals surface area contributed by atoms with Crippen LogP contribution >= 0.6 is 0 Å². The first-order valence-electron chi connectivity index (χ1n) is 19.8. The van der Waals surface area contributed by atoms with Crippen LogP contribution in [0.15, 0.2) is 181 Å². The van der Waals surface area contributed by atoms with Gasteiger partial charge in [0.1, 0.15) is 0 Å². The van der Waals surface area contributed by atoms with Crippen molar-refractivity contribution < 1.29 is 0 Å². The lowest BCUT2D eigenvalue weighted by Crippen LogP contribution is -2.07. The first-order chi connectivity index (χ1) is 27.6. The molecule has 11 rings (SSSR count). The number of hydrogen-bond acceptors (Lipinski definition) is 1. The molecule has 9 aromatic carbocycles. The van der Waals surface area contributed by atoms with Gasteiger partial charge in [-0.3, -0.25) is 4.99 Å². The highest BCUT2D eigenvalue weighted by molar-refractivity contribution is 6.26. The van der Waals surface area contributed by atoms with Gasteiger partial charge in [-0.25, -0.2) is 0 Å². The third kappa shape index (κ3) is 5.06. The summed E-state index contributed by atoms with van der Waals surface area (Å²) in [6.07, 6.45) is 2.04. The van der Waals surface area contributed by atoms with Gasteiger partial charge in [0.25, 0.3) is 0 Å². The van der Waals surface area contributed by atoms with E-state index in [9.17, 15) is 0 Å². The Morgan fingerprint density at radius 3 is 1.88 bits per heavy atom. The molecular formula is C54H40N2. The molecule has 1 unspecified atom stereocenters.